The zero-order valence-corrected chi connectivity index (χ0v) is 12.1. The van der Waals surface area contributed by atoms with Crippen molar-refractivity contribution in [3.63, 3.8) is 0 Å². The third-order valence-corrected chi connectivity index (χ3v) is 3.08. The van der Waals surface area contributed by atoms with Gasteiger partial charge >= 0.3 is 5.97 Å². The fraction of sp³-hybridized carbons (Fsp3) is 0.688. The van der Waals surface area contributed by atoms with E-state index in [0.29, 0.717) is 0 Å². The molecule has 0 saturated carbocycles. The summed E-state index contributed by atoms with van der Waals surface area (Å²) in [5.41, 5.74) is 0. The molecule has 0 saturated heterocycles. The first kappa shape index (κ1) is 17.8. The lowest BCUT2D eigenvalue weighted by molar-refractivity contribution is -0.135. The van der Waals surface area contributed by atoms with E-state index in [1.165, 1.54) is 57.4 Å². The van der Waals surface area contributed by atoms with E-state index in [0.717, 1.165) is 12.8 Å². The number of aliphatic hydroxyl groups excluding tert-OH is 1. The quantitative estimate of drug-likeness (QED) is 0.227. The Labute approximate surface area is 117 Å². The van der Waals surface area contributed by atoms with E-state index in [1.807, 2.05) is 6.08 Å². The normalized spacial score (nSPS) is 12.2. The molecule has 110 valence electrons. The lowest BCUT2D eigenvalue weighted by Crippen LogP contribution is -1.97. The van der Waals surface area contributed by atoms with Crippen LogP contribution in [0.4, 0.5) is 0 Å². The highest BCUT2D eigenvalue weighted by Crippen LogP contribution is 2.10. The molecule has 19 heavy (non-hydrogen) atoms. The summed E-state index contributed by atoms with van der Waals surface area (Å²) in [5.74, 6) is -1.89. The van der Waals surface area contributed by atoms with E-state index in [-0.39, 0.29) is 0 Å². The predicted molar refractivity (Wildman–Crippen MR) is 79.3 cm³/mol. The number of carbonyl (C=O) groups is 1. The van der Waals surface area contributed by atoms with Crippen LogP contribution >= 0.6 is 0 Å². The summed E-state index contributed by atoms with van der Waals surface area (Å²) in [7, 11) is 0. The van der Waals surface area contributed by atoms with Crippen molar-refractivity contribution in [3.05, 3.63) is 24.0 Å². The molecule has 0 aliphatic heterocycles. The molecule has 0 aromatic carbocycles. The summed E-state index contributed by atoms with van der Waals surface area (Å²) in [4.78, 5) is 10.3. The van der Waals surface area contributed by atoms with Gasteiger partial charge in [0.2, 0.25) is 5.76 Å². The van der Waals surface area contributed by atoms with Crippen molar-refractivity contribution in [2.24, 2.45) is 0 Å². The highest BCUT2D eigenvalue weighted by molar-refractivity contribution is 5.83. The maximum atomic E-state index is 10.3. The summed E-state index contributed by atoms with van der Waals surface area (Å²) >= 11 is 0. The van der Waals surface area contributed by atoms with Crippen molar-refractivity contribution in [1.29, 1.82) is 0 Å². The first-order chi connectivity index (χ1) is 9.18. The highest BCUT2D eigenvalue weighted by atomic mass is 16.4. The smallest absolute Gasteiger partial charge is 0.370 e. The maximum absolute atomic E-state index is 10.3. The molecule has 3 heteroatoms. The number of rotatable bonds is 12. The van der Waals surface area contributed by atoms with Crippen LogP contribution in [-0.4, -0.2) is 16.2 Å². The minimum absolute atomic E-state index is 0.608. The summed E-state index contributed by atoms with van der Waals surface area (Å²) in [6, 6.07) is 0. The van der Waals surface area contributed by atoms with Gasteiger partial charge in [0, 0.05) is 0 Å². The standard InChI is InChI=1S/C16H28O3/c1-2-3-4-5-6-7-8-9-10-11-12-13-14-15(17)16(18)19/h12-14,17H,2-11H2,1H3,(H,18,19). The molecular formula is C16H28O3. The second kappa shape index (κ2) is 13.2. The molecule has 0 aromatic rings. The van der Waals surface area contributed by atoms with Crippen LogP contribution in [-0.2, 0) is 4.79 Å². The minimum Gasteiger partial charge on any atom is -0.502 e. The zero-order valence-electron chi connectivity index (χ0n) is 12.1. The van der Waals surface area contributed by atoms with E-state index < -0.39 is 11.7 Å². The summed E-state index contributed by atoms with van der Waals surface area (Å²) < 4.78 is 0. The Morgan fingerprint density at radius 3 is 1.95 bits per heavy atom. The van der Waals surface area contributed by atoms with Gasteiger partial charge in [0.05, 0.1) is 0 Å². The van der Waals surface area contributed by atoms with Gasteiger partial charge in [0.1, 0.15) is 0 Å². The van der Waals surface area contributed by atoms with Crippen molar-refractivity contribution < 1.29 is 15.0 Å². The fourth-order valence-electron chi connectivity index (χ4n) is 1.90. The van der Waals surface area contributed by atoms with Crippen molar-refractivity contribution in [1.82, 2.24) is 0 Å². The topological polar surface area (TPSA) is 57.5 Å². The Hall–Kier alpha value is -1.25. The van der Waals surface area contributed by atoms with Crippen LogP contribution in [0.2, 0.25) is 0 Å². The Kier molecular flexibility index (Phi) is 12.3. The first-order valence-electron chi connectivity index (χ1n) is 7.47. The number of carboxylic acid groups (broad SMARTS) is 1. The molecule has 0 fully saturated rings. The van der Waals surface area contributed by atoms with Gasteiger partial charge in [-0.3, -0.25) is 0 Å². The number of allylic oxidation sites excluding steroid dienone is 3. The summed E-state index contributed by atoms with van der Waals surface area (Å²) in [5, 5.41) is 17.3. The Morgan fingerprint density at radius 2 is 1.42 bits per heavy atom. The van der Waals surface area contributed by atoms with E-state index in [1.54, 1.807) is 6.08 Å². The molecule has 0 radical (unpaired) electrons. The van der Waals surface area contributed by atoms with Crippen LogP contribution in [0.3, 0.4) is 0 Å². The molecule has 0 amide bonds. The number of hydrogen-bond acceptors (Lipinski definition) is 2. The number of aliphatic carboxylic acids is 1. The molecule has 0 aliphatic carbocycles. The molecule has 0 heterocycles. The molecular weight excluding hydrogens is 240 g/mol. The van der Waals surface area contributed by atoms with Gasteiger partial charge in [-0.1, -0.05) is 70.4 Å². The molecule has 0 aromatic heterocycles. The van der Waals surface area contributed by atoms with Gasteiger partial charge < -0.3 is 10.2 Å². The maximum Gasteiger partial charge on any atom is 0.370 e. The third-order valence-electron chi connectivity index (χ3n) is 3.08. The van der Waals surface area contributed by atoms with Gasteiger partial charge in [-0.2, -0.15) is 0 Å². The SMILES string of the molecule is CCCCCCCCCCCC=CC=C(O)C(=O)O. The molecule has 0 spiro atoms. The molecule has 0 atom stereocenters. The monoisotopic (exact) mass is 268 g/mol. The Balaban J connectivity index is 3.29. The van der Waals surface area contributed by atoms with Crippen molar-refractivity contribution in [2.45, 2.75) is 71.1 Å². The number of aliphatic hydroxyl groups is 1. The Morgan fingerprint density at radius 1 is 0.895 bits per heavy atom. The number of unbranched alkanes of at least 4 members (excludes halogenated alkanes) is 9. The van der Waals surface area contributed by atoms with Crippen molar-refractivity contribution >= 4 is 5.97 Å². The second-order valence-corrected chi connectivity index (χ2v) is 4.90. The average Bonchev–Trinajstić information content (AvgIpc) is 2.39. The fourth-order valence-corrected chi connectivity index (χ4v) is 1.90. The summed E-state index contributed by atoms with van der Waals surface area (Å²) in [6.45, 7) is 2.24. The van der Waals surface area contributed by atoms with Gasteiger partial charge in [-0.05, 0) is 18.9 Å². The minimum atomic E-state index is -1.28. The van der Waals surface area contributed by atoms with E-state index in [4.69, 9.17) is 10.2 Å². The summed E-state index contributed by atoms with van der Waals surface area (Å²) in [6.07, 6.45) is 17.4. The van der Waals surface area contributed by atoms with Gasteiger partial charge in [0.15, 0.2) is 0 Å². The molecule has 0 unspecified atom stereocenters. The predicted octanol–water partition coefficient (Wildman–Crippen LogP) is 4.99. The van der Waals surface area contributed by atoms with Gasteiger partial charge in [-0.15, -0.1) is 0 Å². The third kappa shape index (κ3) is 13.0. The van der Waals surface area contributed by atoms with Crippen LogP contribution in [0, 0.1) is 0 Å². The lowest BCUT2D eigenvalue weighted by atomic mass is 10.1. The van der Waals surface area contributed by atoms with Gasteiger partial charge in [0.25, 0.3) is 0 Å². The van der Waals surface area contributed by atoms with Crippen molar-refractivity contribution in [2.75, 3.05) is 0 Å². The molecule has 0 bridgehead atoms. The molecule has 0 aliphatic rings. The van der Waals surface area contributed by atoms with Crippen LogP contribution in [0.25, 0.3) is 0 Å². The van der Waals surface area contributed by atoms with Crippen LogP contribution in [0.5, 0.6) is 0 Å². The largest absolute Gasteiger partial charge is 0.502 e. The first-order valence-corrected chi connectivity index (χ1v) is 7.47. The Bertz CT molecular complexity index is 280. The van der Waals surface area contributed by atoms with Crippen molar-refractivity contribution in [3.8, 4) is 0 Å². The van der Waals surface area contributed by atoms with E-state index in [9.17, 15) is 4.79 Å². The van der Waals surface area contributed by atoms with Crippen LogP contribution < -0.4 is 0 Å². The van der Waals surface area contributed by atoms with Crippen LogP contribution in [0.1, 0.15) is 71.1 Å². The molecule has 3 nitrogen and oxygen atoms in total. The molecule has 0 rings (SSSR count). The second-order valence-electron chi connectivity index (χ2n) is 4.90. The number of carboxylic acids is 1. The van der Waals surface area contributed by atoms with Crippen LogP contribution in [0.15, 0.2) is 24.0 Å². The number of hydrogen-bond donors (Lipinski definition) is 2. The van der Waals surface area contributed by atoms with E-state index in [2.05, 4.69) is 6.92 Å². The average molecular weight is 268 g/mol. The van der Waals surface area contributed by atoms with Gasteiger partial charge in [-0.25, -0.2) is 4.79 Å². The highest BCUT2D eigenvalue weighted by Gasteiger charge is 1.99. The van der Waals surface area contributed by atoms with E-state index >= 15 is 0 Å². The molecule has 2 N–H and O–H groups in total. The zero-order chi connectivity index (χ0) is 14.3. The lowest BCUT2D eigenvalue weighted by Gasteiger charge is -2.00.